The summed E-state index contributed by atoms with van der Waals surface area (Å²) in [5.41, 5.74) is -0.231. The fourth-order valence-corrected chi connectivity index (χ4v) is 2.19. The van der Waals surface area contributed by atoms with Crippen molar-refractivity contribution in [2.24, 2.45) is 0 Å². The molecule has 2 rings (SSSR count). The molecule has 1 aliphatic rings. The van der Waals surface area contributed by atoms with Crippen LogP contribution in [0.4, 0.5) is 5.69 Å². The molecule has 1 N–H and O–H groups in total. The maximum atomic E-state index is 10.9. The van der Waals surface area contributed by atoms with E-state index in [9.17, 15) is 14.9 Å². The van der Waals surface area contributed by atoms with E-state index in [2.05, 4.69) is 0 Å². The van der Waals surface area contributed by atoms with E-state index in [-0.39, 0.29) is 23.1 Å². The van der Waals surface area contributed by atoms with Crippen molar-refractivity contribution in [3.63, 3.8) is 0 Å². The summed E-state index contributed by atoms with van der Waals surface area (Å²) >= 11 is 5.87. The van der Waals surface area contributed by atoms with Crippen LogP contribution in [-0.4, -0.2) is 34.8 Å². The number of hydrogen-bond donors (Lipinski definition) is 1. The number of para-hydroxylation sites is 1. The van der Waals surface area contributed by atoms with E-state index >= 15 is 0 Å². The smallest absolute Gasteiger partial charge is 0.332 e. The largest absolute Gasteiger partial charge is 0.483 e. The molecule has 0 radical (unpaired) electrons. The van der Waals surface area contributed by atoms with Crippen LogP contribution in [0.15, 0.2) is 18.2 Å². The molecule has 20 heavy (non-hydrogen) atoms. The highest BCUT2D eigenvalue weighted by Gasteiger charge is 2.31. The minimum absolute atomic E-state index is 0.0222. The molecule has 1 heterocycles. The van der Waals surface area contributed by atoms with E-state index in [1.54, 1.807) is 0 Å². The molecule has 0 saturated carbocycles. The Kier molecular flexibility index (Phi) is 4.41. The van der Waals surface area contributed by atoms with Crippen LogP contribution in [0.3, 0.4) is 0 Å². The number of nitrogens with zero attached hydrogens (tertiary/aromatic N) is 1. The molecule has 0 aromatic heterocycles. The molecular formula is C12H12ClNO6. The number of nitro groups is 1. The maximum Gasteiger partial charge on any atom is 0.332 e. The first-order valence-electron chi connectivity index (χ1n) is 5.93. The van der Waals surface area contributed by atoms with E-state index in [1.807, 2.05) is 0 Å². The fourth-order valence-electron chi connectivity index (χ4n) is 1.97. The minimum Gasteiger partial charge on any atom is -0.483 e. The van der Waals surface area contributed by atoms with Gasteiger partial charge in [-0.05, 0) is 18.9 Å². The normalized spacial score (nSPS) is 21.6. The Morgan fingerprint density at radius 3 is 2.90 bits per heavy atom. The fraction of sp³-hybridized carbons (Fsp3) is 0.417. The van der Waals surface area contributed by atoms with E-state index in [0.29, 0.717) is 12.8 Å². The lowest BCUT2D eigenvalue weighted by Crippen LogP contribution is -2.23. The van der Waals surface area contributed by atoms with Crippen molar-refractivity contribution in [3.05, 3.63) is 33.3 Å². The second-order valence-corrected chi connectivity index (χ2v) is 4.73. The summed E-state index contributed by atoms with van der Waals surface area (Å²) in [6.45, 7) is 0.0222. The van der Waals surface area contributed by atoms with Crippen molar-refractivity contribution in [1.82, 2.24) is 0 Å². The van der Waals surface area contributed by atoms with Gasteiger partial charge in [-0.2, -0.15) is 0 Å². The van der Waals surface area contributed by atoms with Gasteiger partial charge in [0.15, 0.2) is 6.10 Å². The number of carbonyl (C=O) groups is 1. The lowest BCUT2D eigenvalue weighted by atomic mass is 10.2. The molecule has 8 heteroatoms. The highest BCUT2D eigenvalue weighted by atomic mass is 35.5. The molecule has 1 aliphatic heterocycles. The maximum absolute atomic E-state index is 10.9. The van der Waals surface area contributed by atoms with Crippen LogP contribution in [0.2, 0.25) is 5.02 Å². The van der Waals surface area contributed by atoms with Gasteiger partial charge >= 0.3 is 11.7 Å². The van der Waals surface area contributed by atoms with Crippen molar-refractivity contribution < 1.29 is 24.3 Å². The summed E-state index contributed by atoms with van der Waals surface area (Å²) in [5, 5.41) is 19.8. The van der Waals surface area contributed by atoms with Gasteiger partial charge < -0.3 is 14.6 Å². The third-order valence-electron chi connectivity index (χ3n) is 2.94. The molecule has 1 aromatic rings. The Morgan fingerprint density at radius 1 is 1.55 bits per heavy atom. The van der Waals surface area contributed by atoms with Gasteiger partial charge in [0.25, 0.3) is 0 Å². The van der Waals surface area contributed by atoms with Gasteiger partial charge in [-0.25, -0.2) is 4.79 Å². The number of nitro benzene ring substituents is 1. The van der Waals surface area contributed by atoms with E-state index in [0.717, 1.165) is 0 Å². The zero-order valence-electron chi connectivity index (χ0n) is 10.3. The molecule has 0 aliphatic carbocycles. The van der Waals surface area contributed by atoms with Crippen LogP contribution >= 0.6 is 11.6 Å². The number of hydrogen-bond acceptors (Lipinski definition) is 5. The second-order valence-electron chi connectivity index (χ2n) is 4.32. The van der Waals surface area contributed by atoms with Crippen LogP contribution in [0.5, 0.6) is 5.75 Å². The number of benzene rings is 1. The van der Waals surface area contributed by atoms with E-state index < -0.39 is 23.1 Å². The lowest BCUT2D eigenvalue weighted by Gasteiger charge is -2.13. The average Bonchev–Trinajstić information content (AvgIpc) is 2.86. The highest BCUT2D eigenvalue weighted by molar-refractivity contribution is 6.32. The standard InChI is InChI=1S/C12H12ClNO6/c13-8-2-1-3-9(14(17)18)11(8)19-6-7-4-5-10(20-7)12(15)16/h1-3,7,10H,4-6H2,(H,15,16). The molecule has 1 fully saturated rings. The van der Waals surface area contributed by atoms with Gasteiger partial charge in [0.2, 0.25) is 5.75 Å². The van der Waals surface area contributed by atoms with Crippen molar-refractivity contribution in [3.8, 4) is 5.75 Å². The Bertz CT molecular complexity index is 535. The Hall–Kier alpha value is -1.86. The Labute approximate surface area is 119 Å². The molecule has 2 unspecified atom stereocenters. The third-order valence-corrected chi connectivity index (χ3v) is 3.24. The van der Waals surface area contributed by atoms with Gasteiger partial charge in [0.05, 0.1) is 16.0 Å². The number of carboxylic acids is 1. The number of carboxylic acid groups (broad SMARTS) is 1. The SMILES string of the molecule is O=C(O)C1CCC(COc2c(Cl)cccc2[N+](=O)[O-])O1. The van der Waals surface area contributed by atoms with Crippen LogP contribution in [0, 0.1) is 10.1 Å². The van der Waals surface area contributed by atoms with E-state index in [4.69, 9.17) is 26.2 Å². The van der Waals surface area contributed by atoms with Crippen LogP contribution < -0.4 is 4.74 Å². The number of ether oxygens (including phenoxy) is 2. The molecule has 0 bridgehead atoms. The van der Waals surface area contributed by atoms with Crippen LogP contribution in [-0.2, 0) is 9.53 Å². The first-order valence-corrected chi connectivity index (χ1v) is 6.31. The summed E-state index contributed by atoms with van der Waals surface area (Å²) in [5.74, 6) is -1.04. The molecule has 2 atom stereocenters. The monoisotopic (exact) mass is 301 g/mol. The van der Waals surface area contributed by atoms with Crippen LogP contribution in [0.25, 0.3) is 0 Å². The van der Waals surface area contributed by atoms with E-state index in [1.165, 1.54) is 18.2 Å². The van der Waals surface area contributed by atoms with Crippen molar-refractivity contribution in [1.29, 1.82) is 0 Å². The highest BCUT2D eigenvalue weighted by Crippen LogP contribution is 2.35. The number of rotatable bonds is 5. The van der Waals surface area contributed by atoms with Gasteiger partial charge in [-0.15, -0.1) is 0 Å². The molecule has 1 aromatic carbocycles. The summed E-state index contributed by atoms with van der Waals surface area (Å²) < 4.78 is 10.6. The Morgan fingerprint density at radius 2 is 2.30 bits per heavy atom. The van der Waals surface area contributed by atoms with Gasteiger partial charge in [-0.3, -0.25) is 10.1 Å². The summed E-state index contributed by atoms with van der Waals surface area (Å²) in [6, 6.07) is 4.23. The Balaban J connectivity index is 2.01. The molecule has 1 saturated heterocycles. The number of aliphatic carboxylic acids is 1. The van der Waals surface area contributed by atoms with Crippen LogP contribution in [0.1, 0.15) is 12.8 Å². The molecule has 0 spiro atoms. The topological polar surface area (TPSA) is 98.9 Å². The van der Waals surface area contributed by atoms with Gasteiger partial charge in [-0.1, -0.05) is 17.7 Å². The van der Waals surface area contributed by atoms with Crippen molar-refractivity contribution in [2.45, 2.75) is 25.0 Å². The first kappa shape index (κ1) is 14.5. The first-order chi connectivity index (χ1) is 9.49. The summed E-state index contributed by atoms with van der Waals surface area (Å²) in [6.07, 6.45) is -0.333. The predicted octanol–water partition coefficient (Wildman–Crippen LogP) is 2.26. The second kappa shape index (κ2) is 6.06. The molecular weight excluding hydrogens is 290 g/mol. The molecule has 7 nitrogen and oxygen atoms in total. The van der Waals surface area contributed by atoms with Crippen molar-refractivity contribution in [2.75, 3.05) is 6.61 Å². The number of halogens is 1. The molecule has 0 amide bonds. The lowest BCUT2D eigenvalue weighted by molar-refractivity contribution is -0.385. The minimum atomic E-state index is -1.02. The van der Waals surface area contributed by atoms with Gasteiger partial charge in [0.1, 0.15) is 6.61 Å². The zero-order chi connectivity index (χ0) is 14.7. The van der Waals surface area contributed by atoms with Crippen molar-refractivity contribution >= 4 is 23.3 Å². The zero-order valence-corrected chi connectivity index (χ0v) is 11.1. The summed E-state index contributed by atoms with van der Waals surface area (Å²) in [4.78, 5) is 21.0. The predicted molar refractivity (Wildman–Crippen MR) is 69.1 cm³/mol. The molecule has 108 valence electrons. The van der Waals surface area contributed by atoms with Gasteiger partial charge in [0, 0.05) is 6.07 Å². The summed E-state index contributed by atoms with van der Waals surface area (Å²) in [7, 11) is 0. The quantitative estimate of drug-likeness (QED) is 0.661. The third kappa shape index (κ3) is 3.17. The average molecular weight is 302 g/mol.